The zero-order valence-electron chi connectivity index (χ0n) is 20.7. The smallest absolute Gasteiger partial charge is 0.358 e. The number of aromatic nitrogens is 1. The second-order valence-electron chi connectivity index (χ2n) is 7.97. The van der Waals surface area contributed by atoms with Crippen LogP contribution in [0.2, 0.25) is 0 Å². The highest BCUT2D eigenvalue weighted by molar-refractivity contribution is 7.54. The monoisotopic (exact) mass is 506 g/mol. The number of anilines is 1. The largest absolute Gasteiger partial charge is 0.462 e. The Labute approximate surface area is 211 Å². The number of carbonyl (C=O) groups is 1. The molecule has 2 aromatic heterocycles. The fraction of sp³-hybridized carbons (Fsp3) is 0.250. The molecule has 0 radical (unpaired) electrons. The van der Waals surface area contributed by atoms with Gasteiger partial charge in [0.25, 0.3) is 0 Å². The van der Waals surface area contributed by atoms with Crippen LogP contribution in [0.15, 0.2) is 85.1 Å². The van der Waals surface area contributed by atoms with Crippen LogP contribution in [0.5, 0.6) is 0 Å². The standard InChI is InChI=1S/C28H31N2O5P/c1-4-33-28(31)25-23-19-13-14-20-30(23)26(24(25)21-15-9-7-10-16-21)27(29-22-17-11-8-12-18-22)36(32,34-5-2)35-6-3/h7-20,27,29H,4-6H2,1-3H3. The third kappa shape index (κ3) is 5.09. The summed E-state index contributed by atoms with van der Waals surface area (Å²) in [6.45, 7) is 5.96. The molecule has 0 amide bonds. The number of benzene rings is 2. The maximum absolute atomic E-state index is 14.4. The predicted octanol–water partition coefficient (Wildman–Crippen LogP) is 7.16. The average molecular weight is 507 g/mol. The molecule has 36 heavy (non-hydrogen) atoms. The van der Waals surface area contributed by atoms with Gasteiger partial charge >= 0.3 is 13.6 Å². The number of hydrogen-bond acceptors (Lipinski definition) is 6. The topological polar surface area (TPSA) is 78.3 Å². The van der Waals surface area contributed by atoms with E-state index in [1.807, 2.05) is 89.5 Å². The summed E-state index contributed by atoms with van der Waals surface area (Å²) >= 11 is 0. The molecule has 1 N–H and O–H groups in total. The number of nitrogens with zero attached hydrogens (tertiary/aromatic N) is 1. The van der Waals surface area contributed by atoms with Gasteiger partial charge in [-0.2, -0.15) is 0 Å². The molecule has 0 aliphatic heterocycles. The molecule has 0 saturated heterocycles. The fourth-order valence-electron chi connectivity index (χ4n) is 4.34. The molecule has 0 bridgehead atoms. The zero-order chi connectivity index (χ0) is 25.5. The third-order valence-electron chi connectivity index (χ3n) is 5.69. The lowest BCUT2D eigenvalue weighted by Crippen LogP contribution is -2.18. The Bertz CT molecular complexity index is 1340. The second-order valence-corrected chi connectivity index (χ2v) is 10.1. The van der Waals surface area contributed by atoms with E-state index < -0.39 is 19.3 Å². The number of carbonyl (C=O) groups excluding carboxylic acids is 1. The van der Waals surface area contributed by atoms with Gasteiger partial charge in [0.2, 0.25) is 0 Å². The van der Waals surface area contributed by atoms with Gasteiger partial charge < -0.3 is 23.5 Å². The van der Waals surface area contributed by atoms with Gasteiger partial charge in [0.15, 0.2) is 5.78 Å². The summed E-state index contributed by atoms with van der Waals surface area (Å²) in [4.78, 5) is 13.4. The summed E-state index contributed by atoms with van der Waals surface area (Å²) in [6.07, 6.45) is 1.85. The van der Waals surface area contributed by atoms with Gasteiger partial charge in [0, 0.05) is 17.4 Å². The second kappa shape index (κ2) is 11.6. The van der Waals surface area contributed by atoms with Crippen molar-refractivity contribution in [1.82, 2.24) is 4.40 Å². The van der Waals surface area contributed by atoms with Crippen LogP contribution in [0.4, 0.5) is 5.69 Å². The van der Waals surface area contributed by atoms with Crippen molar-refractivity contribution in [2.45, 2.75) is 26.6 Å². The molecule has 2 heterocycles. The average Bonchev–Trinajstić information content (AvgIpc) is 3.24. The van der Waals surface area contributed by atoms with Crippen molar-refractivity contribution in [3.8, 4) is 11.1 Å². The fourth-order valence-corrected chi connectivity index (χ4v) is 6.30. The molecule has 0 aliphatic carbocycles. The highest BCUT2D eigenvalue weighted by Crippen LogP contribution is 2.62. The molecule has 8 heteroatoms. The van der Waals surface area contributed by atoms with Crippen molar-refractivity contribution < 1.29 is 23.1 Å². The minimum absolute atomic E-state index is 0.193. The number of ether oxygens (including phenoxy) is 1. The van der Waals surface area contributed by atoms with E-state index in [2.05, 4.69) is 5.32 Å². The molecule has 7 nitrogen and oxygen atoms in total. The van der Waals surface area contributed by atoms with Crippen molar-refractivity contribution in [2.24, 2.45) is 0 Å². The Hall–Kier alpha value is -3.38. The van der Waals surface area contributed by atoms with Crippen LogP contribution < -0.4 is 5.32 Å². The molecular formula is C28H31N2O5P. The van der Waals surface area contributed by atoms with Gasteiger partial charge in [-0.05, 0) is 50.6 Å². The molecule has 1 atom stereocenters. The van der Waals surface area contributed by atoms with Crippen LogP contribution in [-0.2, 0) is 18.3 Å². The Morgan fingerprint density at radius 1 is 0.861 bits per heavy atom. The number of para-hydroxylation sites is 1. The molecule has 0 saturated carbocycles. The summed E-state index contributed by atoms with van der Waals surface area (Å²) in [6, 6.07) is 24.6. The molecule has 4 rings (SSSR count). The minimum atomic E-state index is -3.78. The lowest BCUT2D eigenvalue weighted by atomic mass is 10.00. The molecule has 0 fully saturated rings. The number of pyridine rings is 1. The number of fused-ring (bicyclic) bond motifs is 1. The van der Waals surface area contributed by atoms with Crippen LogP contribution in [0, 0.1) is 0 Å². The quantitative estimate of drug-likeness (QED) is 0.172. The van der Waals surface area contributed by atoms with Gasteiger partial charge in [-0.1, -0.05) is 54.6 Å². The van der Waals surface area contributed by atoms with Crippen molar-refractivity contribution in [3.63, 3.8) is 0 Å². The van der Waals surface area contributed by atoms with Crippen LogP contribution in [0.25, 0.3) is 16.6 Å². The normalized spacial score (nSPS) is 12.4. The Morgan fingerprint density at radius 2 is 1.47 bits per heavy atom. The Kier molecular flexibility index (Phi) is 8.26. The first-order chi connectivity index (χ1) is 17.5. The molecule has 0 aliphatic rings. The minimum Gasteiger partial charge on any atom is -0.462 e. The molecule has 1 unspecified atom stereocenters. The Morgan fingerprint density at radius 3 is 2.08 bits per heavy atom. The summed E-state index contributed by atoms with van der Waals surface area (Å²) < 4.78 is 33.5. The van der Waals surface area contributed by atoms with E-state index in [9.17, 15) is 9.36 Å². The van der Waals surface area contributed by atoms with E-state index >= 15 is 0 Å². The van der Waals surface area contributed by atoms with Crippen molar-refractivity contribution in [1.29, 1.82) is 0 Å². The first-order valence-electron chi connectivity index (χ1n) is 12.1. The number of rotatable bonds is 11. The van der Waals surface area contributed by atoms with E-state index in [0.29, 0.717) is 22.3 Å². The first-order valence-corrected chi connectivity index (χ1v) is 13.7. The highest BCUT2D eigenvalue weighted by Gasteiger charge is 2.42. The van der Waals surface area contributed by atoms with Gasteiger partial charge in [0.1, 0.15) is 0 Å². The zero-order valence-corrected chi connectivity index (χ0v) is 21.6. The Balaban J connectivity index is 2.09. The number of hydrogen-bond donors (Lipinski definition) is 1. The van der Waals surface area contributed by atoms with Gasteiger partial charge in [-0.25, -0.2) is 4.79 Å². The maximum Gasteiger partial charge on any atom is 0.358 e. The third-order valence-corrected chi connectivity index (χ3v) is 7.94. The lowest BCUT2D eigenvalue weighted by Gasteiger charge is -2.29. The summed E-state index contributed by atoms with van der Waals surface area (Å²) in [5, 5.41) is 3.41. The highest BCUT2D eigenvalue weighted by atomic mass is 31.2. The van der Waals surface area contributed by atoms with E-state index in [1.165, 1.54) is 0 Å². The van der Waals surface area contributed by atoms with Crippen LogP contribution in [-0.4, -0.2) is 30.2 Å². The van der Waals surface area contributed by atoms with E-state index in [0.717, 1.165) is 11.3 Å². The first kappa shape index (κ1) is 25.7. The lowest BCUT2D eigenvalue weighted by molar-refractivity contribution is 0.0529. The van der Waals surface area contributed by atoms with Crippen LogP contribution in [0.1, 0.15) is 42.6 Å². The maximum atomic E-state index is 14.4. The molecule has 2 aromatic carbocycles. The molecule has 0 spiro atoms. The predicted molar refractivity (Wildman–Crippen MR) is 142 cm³/mol. The summed E-state index contributed by atoms with van der Waals surface area (Å²) in [7, 11) is -3.78. The van der Waals surface area contributed by atoms with Crippen LogP contribution in [0.3, 0.4) is 0 Å². The number of esters is 1. The van der Waals surface area contributed by atoms with Crippen molar-refractivity contribution in [2.75, 3.05) is 25.1 Å². The van der Waals surface area contributed by atoms with Gasteiger partial charge in [-0.15, -0.1) is 0 Å². The SMILES string of the molecule is CCOC(=O)c1c(-c2ccccc2)c(C(Nc2ccccc2)P(=O)(OCC)OCC)n2ccccc12. The summed E-state index contributed by atoms with van der Waals surface area (Å²) in [5.74, 6) is -1.37. The molecular weight excluding hydrogens is 475 g/mol. The van der Waals surface area contributed by atoms with E-state index in [4.69, 9.17) is 13.8 Å². The molecule has 188 valence electrons. The molecule has 4 aromatic rings. The number of nitrogens with one attached hydrogen (secondary N) is 1. The van der Waals surface area contributed by atoms with Gasteiger partial charge in [0.05, 0.1) is 36.6 Å². The van der Waals surface area contributed by atoms with Crippen molar-refractivity contribution in [3.05, 3.63) is 96.3 Å². The van der Waals surface area contributed by atoms with E-state index in [-0.39, 0.29) is 19.8 Å². The van der Waals surface area contributed by atoms with Gasteiger partial charge in [-0.3, -0.25) is 4.57 Å². The summed E-state index contributed by atoms with van der Waals surface area (Å²) in [5.41, 5.74) is 3.79. The van der Waals surface area contributed by atoms with Crippen LogP contribution >= 0.6 is 7.60 Å². The van der Waals surface area contributed by atoms with E-state index in [1.54, 1.807) is 20.8 Å². The van der Waals surface area contributed by atoms with Crippen molar-refractivity contribution >= 4 is 24.8 Å².